The lowest BCUT2D eigenvalue weighted by atomic mass is 9.97. The molecule has 0 fully saturated rings. The molecule has 7 aromatic carbocycles. The van der Waals surface area contributed by atoms with Gasteiger partial charge < -0.3 is 8.98 Å². The number of benzene rings is 7. The van der Waals surface area contributed by atoms with Crippen LogP contribution in [0.2, 0.25) is 0 Å². The lowest BCUT2D eigenvalue weighted by Gasteiger charge is -2.09. The molecule has 0 aliphatic rings. The van der Waals surface area contributed by atoms with Crippen LogP contribution >= 0.6 is 0 Å². The first-order valence-corrected chi connectivity index (χ1v) is 16.7. The molecular formula is C45H28N4O. The van der Waals surface area contributed by atoms with E-state index in [4.69, 9.17) is 19.4 Å². The minimum absolute atomic E-state index is 0.567. The normalized spacial score (nSPS) is 11.6. The number of fused-ring (bicyclic) bond motifs is 6. The second kappa shape index (κ2) is 11.4. The van der Waals surface area contributed by atoms with Crippen molar-refractivity contribution in [3.63, 3.8) is 0 Å². The van der Waals surface area contributed by atoms with Crippen molar-refractivity contribution in [1.29, 1.82) is 0 Å². The Morgan fingerprint density at radius 3 is 1.72 bits per heavy atom. The summed E-state index contributed by atoms with van der Waals surface area (Å²) in [5.74, 6) is 1.80. The van der Waals surface area contributed by atoms with E-state index in [0.717, 1.165) is 61.0 Å². The Morgan fingerprint density at radius 1 is 0.400 bits per heavy atom. The molecule has 234 valence electrons. The fourth-order valence-electron chi connectivity index (χ4n) is 7.19. The molecule has 0 atom stereocenters. The van der Waals surface area contributed by atoms with Gasteiger partial charge >= 0.3 is 0 Å². The number of para-hydroxylation sites is 3. The van der Waals surface area contributed by atoms with Gasteiger partial charge in [-0.1, -0.05) is 133 Å². The van der Waals surface area contributed by atoms with Gasteiger partial charge in [-0.05, 0) is 47.5 Å². The average molecular weight is 641 g/mol. The average Bonchev–Trinajstić information content (AvgIpc) is 3.74. The van der Waals surface area contributed by atoms with E-state index < -0.39 is 0 Å². The van der Waals surface area contributed by atoms with Crippen LogP contribution in [0.15, 0.2) is 174 Å². The predicted octanol–water partition coefficient (Wildman–Crippen LogP) is 11.5. The summed E-state index contributed by atoms with van der Waals surface area (Å²) in [6.45, 7) is 0. The molecule has 5 nitrogen and oxygen atoms in total. The van der Waals surface area contributed by atoms with Gasteiger partial charge in [-0.2, -0.15) is 0 Å². The van der Waals surface area contributed by atoms with Gasteiger partial charge in [0.1, 0.15) is 11.2 Å². The Labute approximate surface area is 287 Å². The van der Waals surface area contributed by atoms with Gasteiger partial charge in [0.25, 0.3) is 0 Å². The molecule has 0 unspecified atom stereocenters. The Balaban J connectivity index is 1.19. The summed E-state index contributed by atoms with van der Waals surface area (Å²) in [5.41, 5.74) is 9.94. The summed E-state index contributed by atoms with van der Waals surface area (Å²) < 4.78 is 9.07. The van der Waals surface area contributed by atoms with E-state index in [-0.39, 0.29) is 0 Å². The van der Waals surface area contributed by atoms with Crippen LogP contribution in [0.3, 0.4) is 0 Å². The van der Waals surface area contributed by atoms with Gasteiger partial charge in [-0.15, -0.1) is 0 Å². The Bertz CT molecular complexity index is 2800. The number of rotatable bonds is 5. The van der Waals surface area contributed by atoms with Gasteiger partial charge in [-0.25, -0.2) is 15.0 Å². The number of furan rings is 1. The Hall–Kier alpha value is -6.85. The van der Waals surface area contributed by atoms with Crippen molar-refractivity contribution in [3.05, 3.63) is 170 Å². The van der Waals surface area contributed by atoms with Crippen molar-refractivity contribution in [2.45, 2.75) is 0 Å². The number of hydrogen-bond acceptors (Lipinski definition) is 4. The van der Waals surface area contributed by atoms with E-state index in [1.54, 1.807) is 0 Å². The van der Waals surface area contributed by atoms with Crippen LogP contribution in [0.1, 0.15) is 0 Å². The van der Waals surface area contributed by atoms with Crippen LogP contribution in [-0.4, -0.2) is 19.5 Å². The molecule has 0 amide bonds. The molecule has 0 bridgehead atoms. The van der Waals surface area contributed by atoms with E-state index in [0.29, 0.717) is 17.5 Å². The molecule has 0 N–H and O–H groups in total. The first-order valence-electron chi connectivity index (χ1n) is 16.7. The molecule has 50 heavy (non-hydrogen) atoms. The highest BCUT2D eigenvalue weighted by molar-refractivity contribution is 6.16. The van der Waals surface area contributed by atoms with Crippen LogP contribution in [0.5, 0.6) is 0 Å². The summed E-state index contributed by atoms with van der Waals surface area (Å²) >= 11 is 0. The highest BCUT2D eigenvalue weighted by atomic mass is 16.3. The van der Waals surface area contributed by atoms with E-state index in [1.807, 2.05) is 72.8 Å². The summed E-state index contributed by atoms with van der Waals surface area (Å²) in [4.78, 5) is 14.9. The largest absolute Gasteiger partial charge is 0.455 e. The first-order chi connectivity index (χ1) is 24.8. The van der Waals surface area contributed by atoms with Gasteiger partial charge in [0, 0.05) is 38.4 Å². The van der Waals surface area contributed by atoms with Gasteiger partial charge in [0.2, 0.25) is 0 Å². The van der Waals surface area contributed by atoms with Crippen molar-refractivity contribution in [1.82, 2.24) is 19.5 Å². The topological polar surface area (TPSA) is 56.7 Å². The van der Waals surface area contributed by atoms with Gasteiger partial charge in [-0.3, -0.25) is 0 Å². The van der Waals surface area contributed by atoms with Crippen LogP contribution in [-0.2, 0) is 0 Å². The highest BCUT2D eigenvalue weighted by Gasteiger charge is 2.20. The third kappa shape index (κ3) is 4.52. The van der Waals surface area contributed by atoms with E-state index >= 15 is 0 Å². The maximum atomic E-state index is 6.71. The molecule has 0 saturated heterocycles. The van der Waals surface area contributed by atoms with Crippen molar-refractivity contribution in [3.8, 4) is 51.0 Å². The molecular weight excluding hydrogens is 613 g/mol. The fourth-order valence-corrected chi connectivity index (χ4v) is 7.19. The fraction of sp³-hybridized carbons (Fsp3) is 0. The Kier molecular flexibility index (Phi) is 6.42. The lowest BCUT2D eigenvalue weighted by molar-refractivity contribution is 0.669. The zero-order chi connectivity index (χ0) is 33.0. The number of hydrogen-bond donors (Lipinski definition) is 0. The SMILES string of the molecule is c1ccc(-c2nc(-c3ccccc3)nc(-c3cccc4c3oc3cccc(-c5ccc6c7ccccc7n(-c7ccccc7)c6c5)c34)n2)cc1. The second-order valence-electron chi connectivity index (χ2n) is 12.4. The minimum Gasteiger partial charge on any atom is -0.455 e. The third-order valence-corrected chi connectivity index (χ3v) is 9.46. The molecule has 0 spiro atoms. The molecule has 3 heterocycles. The highest BCUT2D eigenvalue weighted by Crippen LogP contribution is 2.42. The molecule has 10 rings (SSSR count). The van der Waals surface area contributed by atoms with Crippen LogP contribution in [0, 0.1) is 0 Å². The summed E-state index contributed by atoms with van der Waals surface area (Å²) in [7, 11) is 0. The first kappa shape index (κ1) is 28.2. The number of aromatic nitrogens is 4. The number of nitrogens with zero attached hydrogens (tertiary/aromatic N) is 4. The van der Waals surface area contributed by atoms with E-state index in [9.17, 15) is 0 Å². The Morgan fingerprint density at radius 2 is 0.980 bits per heavy atom. The molecule has 0 aliphatic carbocycles. The quantitative estimate of drug-likeness (QED) is 0.188. The molecule has 0 radical (unpaired) electrons. The zero-order valence-electron chi connectivity index (χ0n) is 26.9. The van der Waals surface area contributed by atoms with Crippen molar-refractivity contribution in [2.75, 3.05) is 0 Å². The summed E-state index contributed by atoms with van der Waals surface area (Å²) in [6.07, 6.45) is 0. The van der Waals surface area contributed by atoms with Crippen LogP contribution < -0.4 is 0 Å². The van der Waals surface area contributed by atoms with Crippen molar-refractivity contribution >= 4 is 43.7 Å². The second-order valence-corrected chi connectivity index (χ2v) is 12.4. The van der Waals surface area contributed by atoms with Gasteiger partial charge in [0.15, 0.2) is 17.5 Å². The van der Waals surface area contributed by atoms with Crippen molar-refractivity contribution in [2.24, 2.45) is 0 Å². The molecule has 0 saturated carbocycles. The summed E-state index contributed by atoms with van der Waals surface area (Å²) in [5, 5.41) is 4.53. The van der Waals surface area contributed by atoms with Crippen molar-refractivity contribution < 1.29 is 4.42 Å². The summed E-state index contributed by atoms with van der Waals surface area (Å²) in [6, 6.07) is 58.6. The predicted molar refractivity (Wildman–Crippen MR) is 203 cm³/mol. The maximum Gasteiger partial charge on any atom is 0.167 e. The molecule has 0 aliphatic heterocycles. The third-order valence-electron chi connectivity index (χ3n) is 9.46. The smallest absolute Gasteiger partial charge is 0.167 e. The molecule has 10 aromatic rings. The van der Waals surface area contributed by atoms with Crippen LogP contribution in [0.4, 0.5) is 0 Å². The molecule has 3 aromatic heterocycles. The van der Waals surface area contributed by atoms with Gasteiger partial charge in [0.05, 0.1) is 16.6 Å². The zero-order valence-corrected chi connectivity index (χ0v) is 26.9. The maximum absolute atomic E-state index is 6.71. The lowest BCUT2D eigenvalue weighted by Crippen LogP contribution is -2.00. The monoisotopic (exact) mass is 640 g/mol. The minimum atomic E-state index is 0.567. The standard InChI is InChI=1S/C45H28N4O/c1-4-14-29(15-5-1)43-46-44(30-16-6-2-7-17-30)48-45(47-43)37-23-12-22-36-41-33(21-13-25-40(41)50-42(36)37)31-26-27-35-34-20-10-11-24-38(34)49(39(35)28-31)32-18-8-3-9-19-32/h1-28H. The van der Waals surface area contributed by atoms with E-state index in [1.165, 1.54) is 16.3 Å². The molecule has 5 heteroatoms. The van der Waals surface area contributed by atoms with Crippen LogP contribution in [0.25, 0.3) is 94.7 Å². The van der Waals surface area contributed by atoms with E-state index in [2.05, 4.69) is 102 Å².